The minimum Gasteiger partial charge on any atom is -0.447 e. The third-order valence-electron chi connectivity index (χ3n) is 1.70. The van der Waals surface area contributed by atoms with Crippen LogP contribution in [0.4, 0.5) is 4.79 Å². The van der Waals surface area contributed by atoms with Crippen molar-refractivity contribution in [2.45, 2.75) is 59.1 Å². The lowest BCUT2D eigenvalue weighted by atomic mass is 10.1. The molecule has 1 unspecified atom stereocenters. The number of rotatable bonds is 5. The van der Waals surface area contributed by atoms with E-state index in [-0.39, 0.29) is 18.2 Å². The van der Waals surface area contributed by atoms with Gasteiger partial charge in [-0.15, -0.1) is 0 Å². The molecule has 3 nitrogen and oxygen atoms in total. The summed E-state index contributed by atoms with van der Waals surface area (Å²) in [5.74, 6) is 0. The highest BCUT2D eigenvalue weighted by molar-refractivity contribution is 5.67. The fraction of sp³-hybridized carbons (Fsp3) is 0.900. The van der Waals surface area contributed by atoms with Crippen molar-refractivity contribution in [3.8, 4) is 0 Å². The fourth-order valence-corrected chi connectivity index (χ4v) is 1.03. The smallest absolute Gasteiger partial charge is 0.407 e. The molecule has 0 fully saturated rings. The van der Waals surface area contributed by atoms with Crippen molar-refractivity contribution in [1.82, 2.24) is 5.32 Å². The largest absolute Gasteiger partial charge is 0.447 e. The van der Waals surface area contributed by atoms with Gasteiger partial charge in [0.15, 0.2) is 0 Å². The maximum Gasteiger partial charge on any atom is 0.407 e. The Morgan fingerprint density at radius 3 is 2.46 bits per heavy atom. The van der Waals surface area contributed by atoms with E-state index in [1.807, 2.05) is 20.8 Å². The van der Waals surface area contributed by atoms with E-state index in [2.05, 4.69) is 12.2 Å². The summed E-state index contributed by atoms with van der Waals surface area (Å²) in [6.45, 7) is 7.82. The van der Waals surface area contributed by atoms with Crippen molar-refractivity contribution in [3.63, 3.8) is 0 Å². The quantitative estimate of drug-likeness (QED) is 0.718. The molecule has 0 radical (unpaired) electrons. The average molecular weight is 187 g/mol. The first kappa shape index (κ1) is 12.3. The predicted octanol–water partition coefficient (Wildman–Crippen LogP) is 2.70. The lowest BCUT2D eigenvalue weighted by Crippen LogP contribution is -2.34. The molecule has 0 aromatic carbocycles. The number of unbranched alkanes of at least 4 members (excludes halogenated alkanes) is 1. The second-order valence-electron chi connectivity index (χ2n) is 3.64. The van der Waals surface area contributed by atoms with Gasteiger partial charge in [-0.3, -0.25) is 0 Å². The number of carbonyl (C=O) groups is 1. The molecule has 0 aliphatic carbocycles. The molecule has 0 spiro atoms. The molecule has 0 aromatic heterocycles. The molecular formula is C10H21NO2. The number of carbonyl (C=O) groups excluding carboxylic acids is 1. The molecule has 0 aliphatic rings. The Labute approximate surface area is 80.8 Å². The van der Waals surface area contributed by atoms with Gasteiger partial charge in [-0.25, -0.2) is 4.79 Å². The van der Waals surface area contributed by atoms with Gasteiger partial charge in [-0.05, 0) is 27.2 Å². The van der Waals surface area contributed by atoms with E-state index >= 15 is 0 Å². The molecule has 0 saturated heterocycles. The number of amides is 1. The number of ether oxygens (including phenoxy) is 1. The Hall–Kier alpha value is -0.730. The molecule has 0 bridgehead atoms. The summed E-state index contributed by atoms with van der Waals surface area (Å²) < 4.78 is 4.95. The van der Waals surface area contributed by atoms with Crippen LogP contribution in [0.25, 0.3) is 0 Å². The fourth-order valence-electron chi connectivity index (χ4n) is 1.03. The first-order chi connectivity index (χ1) is 6.06. The number of alkyl carbamates (subject to hydrolysis) is 1. The molecule has 0 saturated carbocycles. The van der Waals surface area contributed by atoms with Crippen molar-refractivity contribution < 1.29 is 9.53 Å². The SMILES string of the molecule is CCCCC(C)NC(=O)OC(C)C. The zero-order chi connectivity index (χ0) is 10.3. The van der Waals surface area contributed by atoms with Crippen molar-refractivity contribution in [2.24, 2.45) is 0 Å². The van der Waals surface area contributed by atoms with Gasteiger partial charge in [0.2, 0.25) is 0 Å². The number of hydrogen-bond donors (Lipinski definition) is 1. The van der Waals surface area contributed by atoms with E-state index in [1.54, 1.807) is 0 Å². The third kappa shape index (κ3) is 7.62. The van der Waals surface area contributed by atoms with E-state index in [0.29, 0.717) is 0 Å². The Bertz CT molecular complexity index is 146. The molecule has 1 atom stereocenters. The van der Waals surface area contributed by atoms with Gasteiger partial charge >= 0.3 is 6.09 Å². The summed E-state index contributed by atoms with van der Waals surface area (Å²) in [5.41, 5.74) is 0. The summed E-state index contributed by atoms with van der Waals surface area (Å²) in [5, 5.41) is 2.78. The minimum atomic E-state index is -0.307. The van der Waals surface area contributed by atoms with E-state index in [4.69, 9.17) is 4.74 Å². The zero-order valence-corrected chi connectivity index (χ0v) is 9.09. The monoisotopic (exact) mass is 187 g/mol. The summed E-state index contributed by atoms with van der Waals surface area (Å²) in [6, 6.07) is 0.214. The maximum atomic E-state index is 11.1. The Kier molecular flexibility index (Phi) is 6.37. The Morgan fingerprint density at radius 2 is 2.00 bits per heavy atom. The summed E-state index contributed by atoms with van der Waals surface area (Å²) in [7, 11) is 0. The lowest BCUT2D eigenvalue weighted by Gasteiger charge is -2.14. The van der Waals surface area contributed by atoms with Crippen LogP contribution in [0.15, 0.2) is 0 Å². The van der Waals surface area contributed by atoms with Crippen molar-refractivity contribution >= 4 is 6.09 Å². The van der Waals surface area contributed by atoms with E-state index < -0.39 is 0 Å². The van der Waals surface area contributed by atoms with Gasteiger partial charge in [-0.2, -0.15) is 0 Å². The second kappa shape index (κ2) is 6.75. The van der Waals surface area contributed by atoms with Crippen LogP contribution in [0.1, 0.15) is 47.0 Å². The predicted molar refractivity (Wildman–Crippen MR) is 53.7 cm³/mol. The van der Waals surface area contributed by atoms with Gasteiger partial charge < -0.3 is 10.1 Å². The van der Waals surface area contributed by atoms with Gasteiger partial charge in [-0.1, -0.05) is 19.8 Å². The normalized spacial score (nSPS) is 12.7. The minimum absolute atomic E-state index is 0.0432. The molecular weight excluding hydrogens is 166 g/mol. The number of nitrogens with one attached hydrogen (secondary N) is 1. The van der Waals surface area contributed by atoms with E-state index in [0.717, 1.165) is 19.3 Å². The molecule has 0 aromatic rings. The highest BCUT2D eigenvalue weighted by Crippen LogP contribution is 2.00. The van der Waals surface area contributed by atoms with Gasteiger partial charge in [0, 0.05) is 6.04 Å². The molecule has 0 heterocycles. The molecule has 1 amide bonds. The first-order valence-electron chi connectivity index (χ1n) is 5.03. The van der Waals surface area contributed by atoms with Crippen LogP contribution in [0.5, 0.6) is 0 Å². The summed E-state index contributed by atoms with van der Waals surface area (Å²) in [6.07, 6.45) is 2.97. The van der Waals surface area contributed by atoms with Crippen molar-refractivity contribution in [1.29, 1.82) is 0 Å². The summed E-state index contributed by atoms with van der Waals surface area (Å²) in [4.78, 5) is 11.1. The standard InChI is InChI=1S/C10H21NO2/c1-5-6-7-9(4)11-10(12)13-8(2)3/h8-9H,5-7H2,1-4H3,(H,11,12). The Balaban J connectivity index is 3.53. The molecule has 0 aliphatic heterocycles. The molecule has 3 heteroatoms. The highest BCUT2D eigenvalue weighted by Gasteiger charge is 2.08. The average Bonchev–Trinajstić information content (AvgIpc) is 1.98. The maximum absolute atomic E-state index is 11.1. The highest BCUT2D eigenvalue weighted by atomic mass is 16.6. The Morgan fingerprint density at radius 1 is 1.38 bits per heavy atom. The zero-order valence-electron chi connectivity index (χ0n) is 9.09. The van der Waals surface area contributed by atoms with Crippen LogP contribution in [0.3, 0.4) is 0 Å². The lowest BCUT2D eigenvalue weighted by molar-refractivity contribution is 0.112. The van der Waals surface area contributed by atoms with Gasteiger partial charge in [0.05, 0.1) is 6.10 Å². The summed E-state index contributed by atoms with van der Waals surface area (Å²) >= 11 is 0. The van der Waals surface area contributed by atoms with Gasteiger partial charge in [0.25, 0.3) is 0 Å². The second-order valence-corrected chi connectivity index (χ2v) is 3.64. The van der Waals surface area contributed by atoms with Crippen molar-refractivity contribution in [2.75, 3.05) is 0 Å². The van der Waals surface area contributed by atoms with Crippen LogP contribution in [0.2, 0.25) is 0 Å². The topological polar surface area (TPSA) is 38.3 Å². The number of hydrogen-bond acceptors (Lipinski definition) is 2. The van der Waals surface area contributed by atoms with Crippen LogP contribution in [-0.4, -0.2) is 18.2 Å². The van der Waals surface area contributed by atoms with E-state index in [1.165, 1.54) is 0 Å². The van der Waals surface area contributed by atoms with Crippen LogP contribution in [-0.2, 0) is 4.74 Å². The van der Waals surface area contributed by atoms with E-state index in [9.17, 15) is 4.79 Å². The molecule has 78 valence electrons. The molecule has 0 rings (SSSR count). The molecule has 13 heavy (non-hydrogen) atoms. The van der Waals surface area contributed by atoms with Crippen LogP contribution >= 0.6 is 0 Å². The van der Waals surface area contributed by atoms with Crippen LogP contribution < -0.4 is 5.32 Å². The third-order valence-corrected chi connectivity index (χ3v) is 1.70. The first-order valence-corrected chi connectivity index (χ1v) is 5.03. The molecule has 1 N–H and O–H groups in total. The van der Waals surface area contributed by atoms with Crippen molar-refractivity contribution in [3.05, 3.63) is 0 Å². The van der Waals surface area contributed by atoms with Gasteiger partial charge in [0.1, 0.15) is 0 Å². The van der Waals surface area contributed by atoms with Crippen LogP contribution in [0, 0.1) is 0 Å².